The fraction of sp³-hybridized carbons (Fsp3) is 0.615. The zero-order chi connectivity index (χ0) is 12.4. The van der Waals surface area contributed by atoms with Gasteiger partial charge in [-0.15, -0.1) is 11.3 Å². The number of hydrogen-bond acceptors (Lipinski definition) is 2. The molecule has 1 aromatic heterocycles. The molecule has 0 aliphatic heterocycles. The van der Waals surface area contributed by atoms with Gasteiger partial charge in [0.1, 0.15) is 0 Å². The van der Waals surface area contributed by atoms with E-state index in [1.54, 1.807) is 11.3 Å². The van der Waals surface area contributed by atoms with Crippen LogP contribution in [0.25, 0.3) is 0 Å². The lowest BCUT2D eigenvalue weighted by molar-refractivity contribution is 0.0698. The van der Waals surface area contributed by atoms with Gasteiger partial charge in [-0.2, -0.15) is 0 Å². The Morgan fingerprint density at radius 3 is 2.65 bits per heavy atom. The Morgan fingerprint density at radius 2 is 2.18 bits per heavy atom. The lowest BCUT2D eigenvalue weighted by Crippen LogP contribution is -2.38. The highest BCUT2D eigenvalue weighted by atomic mass is 79.9. The van der Waals surface area contributed by atoms with Gasteiger partial charge in [-0.25, -0.2) is 0 Å². The lowest BCUT2D eigenvalue weighted by atomic mass is 10.2. The van der Waals surface area contributed by atoms with Crippen molar-refractivity contribution in [2.75, 3.05) is 6.54 Å². The molecule has 17 heavy (non-hydrogen) atoms. The molecule has 0 radical (unpaired) electrons. The van der Waals surface area contributed by atoms with Crippen molar-refractivity contribution >= 4 is 33.2 Å². The first-order chi connectivity index (χ1) is 8.13. The largest absolute Gasteiger partial charge is 0.335 e. The van der Waals surface area contributed by atoms with Gasteiger partial charge in [0, 0.05) is 12.6 Å². The van der Waals surface area contributed by atoms with Crippen molar-refractivity contribution in [1.29, 1.82) is 0 Å². The van der Waals surface area contributed by atoms with Gasteiger partial charge in [0.25, 0.3) is 5.91 Å². The van der Waals surface area contributed by atoms with Crippen molar-refractivity contribution < 1.29 is 4.79 Å². The van der Waals surface area contributed by atoms with Crippen molar-refractivity contribution in [1.82, 2.24) is 4.90 Å². The number of aryl methyl sites for hydroxylation is 1. The molecule has 2 nitrogen and oxygen atoms in total. The highest BCUT2D eigenvalue weighted by molar-refractivity contribution is 9.11. The van der Waals surface area contributed by atoms with Gasteiger partial charge in [-0.1, -0.05) is 12.8 Å². The van der Waals surface area contributed by atoms with Crippen LogP contribution in [0.15, 0.2) is 9.85 Å². The van der Waals surface area contributed by atoms with Gasteiger partial charge in [0.15, 0.2) is 0 Å². The molecule has 0 saturated heterocycles. The molecule has 1 heterocycles. The first kappa shape index (κ1) is 13.1. The molecule has 0 unspecified atom stereocenters. The summed E-state index contributed by atoms with van der Waals surface area (Å²) in [4.78, 5) is 15.4. The van der Waals surface area contributed by atoms with E-state index in [0.29, 0.717) is 6.04 Å². The van der Waals surface area contributed by atoms with Crippen molar-refractivity contribution in [3.8, 4) is 0 Å². The molecule has 1 fully saturated rings. The Morgan fingerprint density at radius 1 is 1.53 bits per heavy atom. The van der Waals surface area contributed by atoms with Crippen LogP contribution >= 0.6 is 27.3 Å². The SMILES string of the molecule is CCN(C(=O)c1cc(C)c(Br)s1)C1CCCC1. The average molecular weight is 316 g/mol. The summed E-state index contributed by atoms with van der Waals surface area (Å²) in [5.41, 5.74) is 1.15. The number of amides is 1. The van der Waals surface area contributed by atoms with Gasteiger partial charge < -0.3 is 4.90 Å². The van der Waals surface area contributed by atoms with Crippen LogP contribution in [-0.4, -0.2) is 23.4 Å². The van der Waals surface area contributed by atoms with Crippen LogP contribution in [0.4, 0.5) is 0 Å². The Balaban J connectivity index is 2.16. The maximum atomic E-state index is 12.4. The van der Waals surface area contributed by atoms with E-state index in [1.165, 1.54) is 25.7 Å². The number of halogens is 1. The van der Waals surface area contributed by atoms with E-state index in [0.717, 1.165) is 20.8 Å². The molecule has 1 aromatic rings. The second kappa shape index (κ2) is 5.53. The molecule has 1 saturated carbocycles. The molecule has 94 valence electrons. The second-order valence-electron chi connectivity index (χ2n) is 4.60. The van der Waals surface area contributed by atoms with Crippen molar-refractivity contribution in [3.05, 3.63) is 20.3 Å². The molecule has 1 amide bonds. The number of carbonyl (C=O) groups is 1. The molecule has 1 aliphatic carbocycles. The van der Waals surface area contributed by atoms with E-state index >= 15 is 0 Å². The zero-order valence-corrected chi connectivity index (χ0v) is 12.7. The van der Waals surface area contributed by atoms with Crippen LogP contribution in [0.3, 0.4) is 0 Å². The van der Waals surface area contributed by atoms with Crippen molar-refractivity contribution in [3.63, 3.8) is 0 Å². The average Bonchev–Trinajstić information content (AvgIpc) is 2.91. The van der Waals surface area contributed by atoms with Crippen LogP contribution < -0.4 is 0 Å². The highest BCUT2D eigenvalue weighted by Crippen LogP contribution is 2.30. The summed E-state index contributed by atoms with van der Waals surface area (Å²) in [6.07, 6.45) is 4.87. The third kappa shape index (κ3) is 2.74. The Labute approximate surface area is 115 Å². The fourth-order valence-electron chi connectivity index (χ4n) is 2.49. The van der Waals surface area contributed by atoms with Gasteiger partial charge in [-0.05, 0) is 54.2 Å². The van der Waals surface area contributed by atoms with Crippen LogP contribution in [0.2, 0.25) is 0 Å². The van der Waals surface area contributed by atoms with E-state index < -0.39 is 0 Å². The first-order valence-electron chi connectivity index (χ1n) is 6.20. The fourth-order valence-corrected chi connectivity index (χ4v) is 3.98. The lowest BCUT2D eigenvalue weighted by Gasteiger charge is -2.27. The van der Waals surface area contributed by atoms with Crippen molar-refractivity contribution in [2.24, 2.45) is 0 Å². The Bertz CT molecular complexity index is 390. The van der Waals surface area contributed by atoms with E-state index in [1.807, 2.05) is 17.9 Å². The molecule has 0 N–H and O–H groups in total. The molecule has 1 aliphatic rings. The monoisotopic (exact) mass is 315 g/mol. The normalized spacial score (nSPS) is 16.4. The summed E-state index contributed by atoms with van der Waals surface area (Å²) in [7, 11) is 0. The minimum absolute atomic E-state index is 0.207. The highest BCUT2D eigenvalue weighted by Gasteiger charge is 2.27. The Hall–Kier alpha value is -0.350. The number of thiophene rings is 1. The van der Waals surface area contributed by atoms with Crippen LogP contribution in [0, 0.1) is 6.92 Å². The molecular formula is C13H18BrNOS. The second-order valence-corrected chi connectivity index (χ2v) is 6.97. The van der Waals surface area contributed by atoms with Crippen LogP contribution in [0.5, 0.6) is 0 Å². The topological polar surface area (TPSA) is 20.3 Å². The quantitative estimate of drug-likeness (QED) is 0.817. The number of nitrogens with zero attached hydrogens (tertiary/aromatic N) is 1. The maximum absolute atomic E-state index is 12.4. The smallest absolute Gasteiger partial charge is 0.264 e. The van der Waals surface area contributed by atoms with Crippen LogP contribution in [0.1, 0.15) is 47.8 Å². The predicted molar refractivity (Wildman–Crippen MR) is 75.7 cm³/mol. The third-order valence-electron chi connectivity index (χ3n) is 3.44. The summed E-state index contributed by atoms with van der Waals surface area (Å²) in [6.45, 7) is 4.92. The number of rotatable bonds is 3. The minimum Gasteiger partial charge on any atom is -0.335 e. The molecule has 0 spiro atoms. The summed E-state index contributed by atoms with van der Waals surface area (Å²) >= 11 is 5.04. The minimum atomic E-state index is 0.207. The number of carbonyl (C=O) groups excluding carboxylic acids is 1. The van der Waals surface area contributed by atoms with Gasteiger partial charge >= 0.3 is 0 Å². The standard InChI is InChI=1S/C13H18BrNOS/c1-3-15(10-6-4-5-7-10)13(16)11-8-9(2)12(14)17-11/h8,10H,3-7H2,1-2H3. The summed E-state index contributed by atoms with van der Waals surface area (Å²) in [5.74, 6) is 0.207. The van der Waals surface area contributed by atoms with Crippen molar-refractivity contribution in [2.45, 2.75) is 45.6 Å². The van der Waals surface area contributed by atoms with Crippen LogP contribution in [-0.2, 0) is 0 Å². The summed E-state index contributed by atoms with van der Waals surface area (Å²) in [6, 6.07) is 2.46. The first-order valence-corrected chi connectivity index (χ1v) is 7.81. The molecule has 0 bridgehead atoms. The van der Waals surface area contributed by atoms with Gasteiger partial charge in [-0.3, -0.25) is 4.79 Å². The van der Waals surface area contributed by atoms with Gasteiger partial charge in [0.05, 0.1) is 8.66 Å². The van der Waals surface area contributed by atoms with E-state index in [9.17, 15) is 4.79 Å². The number of hydrogen-bond donors (Lipinski definition) is 0. The molecule has 0 atom stereocenters. The van der Waals surface area contributed by atoms with E-state index in [2.05, 4.69) is 22.9 Å². The molecule has 4 heteroatoms. The summed E-state index contributed by atoms with van der Waals surface area (Å²) in [5, 5.41) is 0. The maximum Gasteiger partial charge on any atom is 0.264 e. The summed E-state index contributed by atoms with van der Waals surface area (Å²) < 4.78 is 1.07. The molecule has 0 aromatic carbocycles. The molecular weight excluding hydrogens is 298 g/mol. The van der Waals surface area contributed by atoms with E-state index in [-0.39, 0.29) is 5.91 Å². The Kier molecular flexibility index (Phi) is 4.26. The van der Waals surface area contributed by atoms with E-state index in [4.69, 9.17) is 0 Å². The third-order valence-corrected chi connectivity index (χ3v) is 5.56. The predicted octanol–water partition coefficient (Wildman–Crippen LogP) is 4.22. The van der Waals surface area contributed by atoms with Gasteiger partial charge in [0.2, 0.25) is 0 Å². The molecule has 2 rings (SSSR count). The zero-order valence-electron chi connectivity index (χ0n) is 10.3.